The molecule has 1 heterocycles. The molecule has 0 aliphatic carbocycles. The first-order chi connectivity index (χ1) is 13.5. The van der Waals surface area contributed by atoms with Gasteiger partial charge in [-0.1, -0.05) is 6.92 Å². The van der Waals surface area contributed by atoms with Gasteiger partial charge in [-0.15, -0.1) is 0 Å². The molecule has 0 bridgehead atoms. The fourth-order valence-electron chi connectivity index (χ4n) is 2.26. The standard InChI is InChI=1S/C19H22N4O5/c1-4-16(24)23-12-7-8-15-13(9-12)17(22-11-21-15)20-10-14(18(25)27-5-2)19(26)28-6-3/h7-11H,4-6H2,1-3H3,(H,23,24)(H,20,21,22). The van der Waals surface area contributed by atoms with Gasteiger partial charge in [0.15, 0.2) is 5.57 Å². The Kier molecular flexibility index (Phi) is 7.44. The lowest BCUT2D eigenvalue weighted by atomic mass is 10.2. The van der Waals surface area contributed by atoms with Crippen molar-refractivity contribution >= 4 is 40.3 Å². The van der Waals surface area contributed by atoms with Gasteiger partial charge in [0.1, 0.15) is 12.1 Å². The molecule has 2 N–H and O–H groups in total. The van der Waals surface area contributed by atoms with Crippen LogP contribution in [0.1, 0.15) is 27.2 Å². The molecule has 9 heteroatoms. The van der Waals surface area contributed by atoms with Gasteiger partial charge in [-0.05, 0) is 32.0 Å². The van der Waals surface area contributed by atoms with Crippen LogP contribution < -0.4 is 10.6 Å². The zero-order chi connectivity index (χ0) is 20.5. The summed E-state index contributed by atoms with van der Waals surface area (Å²) in [6, 6.07) is 5.16. The summed E-state index contributed by atoms with van der Waals surface area (Å²) in [7, 11) is 0. The highest BCUT2D eigenvalue weighted by molar-refractivity contribution is 6.14. The first kappa shape index (κ1) is 20.8. The van der Waals surface area contributed by atoms with Gasteiger partial charge in [0.25, 0.3) is 0 Å². The largest absolute Gasteiger partial charge is 0.462 e. The normalized spacial score (nSPS) is 10.1. The zero-order valence-corrected chi connectivity index (χ0v) is 15.9. The van der Waals surface area contributed by atoms with Crippen LogP contribution in [0.2, 0.25) is 0 Å². The van der Waals surface area contributed by atoms with Crippen LogP contribution in [0.15, 0.2) is 36.3 Å². The summed E-state index contributed by atoms with van der Waals surface area (Å²) in [6.45, 7) is 5.26. The molecule has 148 valence electrons. The van der Waals surface area contributed by atoms with Gasteiger partial charge in [0.05, 0.1) is 18.7 Å². The van der Waals surface area contributed by atoms with Crippen LogP contribution in [0, 0.1) is 0 Å². The molecule has 2 rings (SSSR count). The lowest BCUT2D eigenvalue weighted by molar-refractivity contribution is -0.146. The molecule has 0 aliphatic rings. The van der Waals surface area contributed by atoms with Gasteiger partial charge in [-0.2, -0.15) is 0 Å². The van der Waals surface area contributed by atoms with Crippen molar-refractivity contribution in [2.75, 3.05) is 23.8 Å². The van der Waals surface area contributed by atoms with E-state index in [-0.39, 0.29) is 24.7 Å². The molecule has 9 nitrogen and oxygen atoms in total. The number of hydrogen-bond donors (Lipinski definition) is 2. The van der Waals surface area contributed by atoms with E-state index >= 15 is 0 Å². The molecule has 0 saturated heterocycles. The van der Waals surface area contributed by atoms with E-state index in [1.165, 1.54) is 12.5 Å². The summed E-state index contributed by atoms with van der Waals surface area (Å²) in [4.78, 5) is 44.0. The van der Waals surface area contributed by atoms with Crippen molar-refractivity contribution < 1.29 is 23.9 Å². The summed E-state index contributed by atoms with van der Waals surface area (Å²) in [5.41, 5.74) is 0.914. The number of ether oxygens (including phenoxy) is 2. The minimum atomic E-state index is -0.803. The van der Waals surface area contributed by atoms with Crippen LogP contribution in [0.25, 0.3) is 10.9 Å². The predicted octanol–water partition coefficient (Wildman–Crippen LogP) is 2.40. The van der Waals surface area contributed by atoms with Gasteiger partial charge in [0, 0.05) is 23.7 Å². The Morgan fingerprint density at radius 1 is 1.04 bits per heavy atom. The van der Waals surface area contributed by atoms with Crippen molar-refractivity contribution in [2.24, 2.45) is 0 Å². The van der Waals surface area contributed by atoms with Crippen LogP contribution in [0.4, 0.5) is 11.5 Å². The van der Waals surface area contributed by atoms with E-state index in [4.69, 9.17) is 9.47 Å². The number of aromatic nitrogens is 2. The first-order valence-electron chi connectivity index (χ1n) is 8.85. The Morgan fingerprint density at radius 3 is 2.32 bits per heavy atom. The van der Waals surface area contributed by atoms with Gasteiger partial charge >= 0.3 is 11.9 Å². The highest BCUT2D eigenvalue weighted by Crippen LogP contribution is 2.23. The Morgan fingerprint density at radius 2 is 1.71 bits per heavy atom. The van der Waals surface area contributed by atoms with Crippen LogP contribution >= 0.6 is 0 Å². The predicted molar refractivity (Wildman–Crippen MR) is 103 cm³/mol. The molecule has 0 aliphatic heterocycles. The number of nitrogens with one attached hydrogen (secondary N) is 2. The van der Waals surface area contributed by atoms with Gasteiger partial charge in [-0.3, -0.25) is 4.79 Å². The smallest absolute Gasteiger partial charge is 0.347 e. The number of benzene rings is 1. The van der Waals surface area contributed by atoms with Crippen LogP contribution in [-0.2, 0) is 23.9 Å². The van der Waals surface area contributed by atoms with E-state index in [0.717, 1.165) is 0 Å². The number of rotatable bonds is 8. The number of fused-ring (bicyclic) bond motifs is 1. The number of esters is 2. The maximum Gasteiger partial charge on any atom is 0.347 e. The van der Waals surface area contributed by atoms with Crippen molar-refractivity contribution in [3.8, 4) is 0 Å². The van der Waals surface area contributed by atoms with E-state index in [1.54, 1.807) is 39.0 Å². The lowest BCUT2D eigenvalue weighted by Crippen LogP contribution is -2.19. The average Bonchev–Trinajstić information content (AvgIpc) is 2.68. The number of carbonyl (C=O) groups is 3. The highest BCUT2D eigenvalue weighted by Gasteiger charge is 2.21. The van der Waals surface area contributed by atoms with Crippen molar-refractivity contribution in [2.45, 2.75) is 27.2 Å². The molecule has 0 fully saturated rings. The molecular weight excluding hydrogens is 364 g/mol. The maximum absolute atomic E-state index is 12.0. The van der Waals surface area contributed by atoms with Crippen molar-refractivity contribution in [3.63, 3.8) is 0 Å². The first-order valence-corrected chi connectivity index (χ1v) is 8.85. The Balaban J connectivity index is 2.37. The molecule has 0 unspecified atom stereocenters. The Hall–Kier alpha value is -3.49. The molecule has 0 atom stereocenters. The monoisotopic (exact) mass is 386 g/mol. The summed E-state index contributed by atoms with van der Waals surface area (Å²) < 4.78 is 9.79. The van der Waals surface area contributed by atoms with Crippen LogP contribution in [0.5, 0.6) is 0 Å². The van der Waals surface area contributed by atoms with E-state index in [1.807, 2.05) is 0 Å². The highest BCUT2D eigenvalue weighted by atomic mass is 16.6. The number of anilines is 2. The average molecular weight is 386 g/mol. The number of hydrogen-bond acceptors (Lipinski definition) is 8. The quantitative estimate of drug-likeness (QED) is 0.307. The van der Waals surface area contributed by atoms with Crippen molar-refractivity contribution in [1.82, 2.24) is 9.97 Å². The summed E-state index contributed by atoms with van der Waals surface area (Å²) in [5.74, 6) is -1.38. The molecule has 1 amide bonds. The third kappa shape index (κ3) is 5.26. The van der Waals surface area contributed by atoms with E-state index in [9.17, 15) is 14.4 Å². The molecule has 0 radical (unpaired) electrons. The number of nitrogens with zero attached hydrogens (tertiary/aromatic N) is 2. The summed E-state index contributed by atoms with van der Waals surface area (Å²) >= 11 is 0. The second-order valence-corrected chi connectivity index (χ2v) is 5.50. The third-order valence-electron chi connectivity index (χ3n) is 3.58. The third-order valence-corrected chi connectivity index (χ3v) is 3.58. The SMILES string of the molecule is CCOC(=O)C(=CNc1ncnc2ccc(NC(=O)CC)cc12)C(=O)OCC. The number of amides is 1. The molecule has 28 heavy (non-hydrogen) atoms. The van der Waals surface area contributed by atoms with E-state index in [2.05, 4.69) is 20.6 Å². The summed E-state index contributed by atoms with van der Waals surface area (Å²) in [5, 5.41) is 6.19. The minimum absolute atomic E-state index is 0.118. The molecular formula is C19H22N4O5. The lowest BCUT2D eigenvalue weighted by Gasteiger charge is -2.10. The fourth-order valence-corrected chi connectivity index (χ4v) is 2.26. The van der Waals surface area contributed by atoms with E-state index < -0.39 is 11.9 Å². The van der Waals surface area contributed by atoms with Crippen molar-refractivity contribution in [1.29, 1.82) is 0 Å². The van der Waals surface area contributed by atoms with Gasteiger partial charge < -0.3 is 20.1 Å². The molecule has 2 aromatic rings. The van der Waals surface area contributed by atoms with Crippen LogP contribution in [0.3, 0.4) is 0 Å². The van der Waals surface area contributed by atoms with Crippen LogP contribution in [-0.4, -0.2) is 41.0 Å². The van der Waals surface area contributed by atoms with E-state index in [0.29, 0.717) is 28.8 Å². The summed E-state index contributed by atoms with van der Waals surface area (Å²) in [6.07, 6.45) is 2.88. The van der Waals surface area contributed by atoms with Crippen molar-refractivity contribution in [3.05, 3.63) is 36.3 Å². The second-order valence-electron chi connectivity index (χ2n) is 5.50. The Labute approximate surface area is 162 Å². The van der Waals surface area contributed by atoms with Gasteiger partial charge in [-0.25, -0.2) is 19.6 Å². The molecule has 1 aromatic heterocycles. The second kappa shape index (κ2) is 10.0. The molecule has 1 aromatic carbocycles. The zero-order valence-electron chi connectivity index (χ0n) is 15.9. The topological polar surface area (TPSA) is 120 Å². The minimum Gasteiger partial charge on any atom is -0.462 e. The fraction of sp³-hybridized carbons (Fsp3) is 0.316. The molecule has 0 saturated carbocycles. The number of carbonyl (C=O) groups excluding carboxylic acids is 3. The maximum atomic E-state index is 12.0. The Bertz CT molecular complexity index is 890. The van der Waals surface area contributed by atoms with Gasteiger partial charge in [0.2, 0.25) is 5.91 Å². The molecule has 0 spiro atoms.